The van der Waals surface area contributed by atoms with Gasteiger partial charge in [-0.25, -0.2) is 0 Å². The van der Waals surface area contributed by atoms with Crippen LogP contribution in [0.4, 0.5) is 5.69 Å². The lowest BCUT2D eigenvalue weighted by Crippen LogP contribution is -2.06. The summed E-state index contributed by atoms with van der Waals surface area (Å²) < 4.78 is 13.4. The quantitative estimate of drug-likeness (QED) is 0.620. The predicted octanol–water partition coefficient (Wildman–Crippen LogP) is 3.81. The van der Waals surface area contributed by atoms with Crippen molar-refractivity contribution in [2.24, 2.45) is 0 Å². The molecule has 4 rings (SSSR count). The molecule has 0 N–H and O–H groups in total. The smallest absolute Gasteiger partial charge is 0.144 e. The van der Waals surface area contributed by atoms with Gasteiger partial charge in [0, 0.05) is 10.3 Å². The van der Waals surface area contributed by atoms with Crippen LogP contribution >= 0.6 is 10.7 Å². The molecular weight excluding hydrogens is 294 g/mol. The van der Waals surface area contributed by atoms with Crippen molar-refractivity contribution in [3.8, 4) is 0 Å². The zero-order valence-electron chi connectivity index (χ0n) is 12.1. The Kier molecular flexibility index (Phi) is 3.70. The molecule has 2 aromatic carbocycles. The Labute approximate surface area is 132 Å². The molecule has 2 aliphatic heterocycles. The molecule has 2 aromatic rings. The second-order valence-electron chi connectivity index (χ2n) is 5.20. The summed E-state index contributed by atoms with van der Waals surface area (Å²) in [7, 11) is -0.154. The summed E-state index contributed by atoms with van der Waals surface area (Å²) >= 11 is 0. The molecule has 4 heteroatoms. The van der Waals surface area contributed by atoms with Crippen LogP contribution in [0.25, 0.3) is 0 Å². The van der Waals surface area contributed by atoms with Crippen LogP contribution in [0.1, 0.15) is 0 Å². The zero-order valence-corrected chi connectivity index (χ0v) is 12.9. The van der Waals surface area contributed by atoms with Crippen molar-refractivity contribution in [3.05, 3.63) is 72.6 Å². The monoisotopic (exact) mass is 311 g/mol. The Balaban J connectivity index is 1.64. The first kappa shape index (κ1) is 13.6. The highest BCUT2D eigenvalue weighted by Crippen LogP contribution is 2.39. The Bertz CT molecular complexity index is 708. The second-order valence-corrected chi connectivity index (χ2v) is 6.93. The van der Waals surface area contributed by atoms with E-state index in [1.165, 1.54) is 10.6 Å². The number of benzene rings is 2. The number of nitrogens with zero attached hydrogens (tertiary/aromatic N) is 1. The van der Waals surface area contributed by atoms with E-state index in [0.29, 0.717) is 6.61 Å². The number of hydrogen-bond acceptors (Lipinski definition) is 3. The minimum absolute atomic E-state index is 0.154. The van der Waals surface area contributed by atoms with E-state index in [9.17, 15) is 0 Å². The van der Waals surface area contributed by atoms with Gasteiger partial charge < -0.3 is 9.47 Å². The standard InChI is InChI=1S/C18H17NO2S/c1-3-7-15(8-4-1)19-11-16(20-12-17-13-21-17)14-22(19)18-9-5-2-6-10-18/h1-11,14,17H,12-13H2. The van der Waals surface area contributed by atoms with Crippen LogP contribution in [0, 0.1) is 0 Å². The average molecular weight is 311 g/mol. The number of rotatable bonds is 5. The highest BCUT2D eigenvalue weighted by Gasteiger charge is 2.25. The van der Waals surface area contributed by atoms with E-state index in [2.05, 4.69) is 64.4 Å². The normalized spacial score (nSPS) is 22.9. The zero-order chi connectivity index (χ0) is 14.8. The van der Waals surface area contributed by atoms with Gasteiger partial charge in [-0.15, -0.1) is 0 Å². The predicted molar refractivity (Wildman–Crippen MR) is 91.1 cm³/mol. The van der Waals surface area contributed by atoms with Crippen LogP contribution in [-0.4, -0.2) is 24.7 Å². The van der Waals surface area contributed by atoms with Crippen molar-refractivity contribution in [2.45, 2.75) is 11.0 Å². The van der Waals surface area contributed by atoms with Crippen molar-refractivity contribution >= 4 is 21.7 Å². The molecule has 0 bridgehead atoms. The van der Waals surface area contributed by atoms with E-state index in [1.807, 2.05) is 12.1 Å². The van der Waals surface area contributed by atoms with Gasteiger partial charge in [0.1, 0.15) is 18.5 Å². The van der Waals surface area contributed by atoms with E-state index in [-0.39, 0.29) is 16.8 Å². The first-order valence-corrected chi connectivity index (χ1v) is 8.58. The van der Waals surface area contributed by atoms with E-state index < -0.39 is 0 Å². The maximum atomic E-state index is 5.88. The lowest BCUT2D eigenvalue weighted by molar-refractivity contribution is 0.200. The number of ether oxygens (including phenoxy) is 2. The van der Waals surface area contributed by atoms with Crippen LogP contribution in [0.3, 0.4) is 0 Å². The third-order valence-corrected chi connectivity index (χ3v) is 5.47. The Hall–Kier alpha value is -2.04. The molecule has 1 saturated heterocycles. The van der Waals surface area contributed by atoms with Crippen LogP contribution in [0.5, 0.6) is 0 Å². The maximum absolute atomic E-state index is 5.88. The summed E-state index contributed by atoms with van der Waals surface area (Å²) in [5.41, 5.74) is 1.17. The van der Waals surface area contributed by atoms with Gasteiger partial charge >= 0.3 is 0 Å². The van der Waals surface area contributed by atoms with Crippen LogP contribution < -0.4 is 4.31 Å². The average Bonchev–Trinajstić information content (AvgIpc) is 3.32. The number of epoxide rings is 1. The van der Waals surface area contributed by atoms with Gasteiger partial charge in [0.15, 0.2) is 0 Å². The van der Waals surface area contributed by atoms with Gasteiger partial charge in [-0.2, -0.15) is 0 Å². The summed E-state index contributed by atoms with van der Waals surface area (Å²) in [5, 5.41) is 2.20. The Morgan fingerprint density at radius 1 is 1.05 bits per heavy atom. The van der Waals surface area contributed by atoms with Gasteiger partial charge in [0.05, 0.1) is 18.5 Å². The summed E-state index contributed by atoms with van der Waals surface area (Å²) in [4.78, 5) is 1.28. The lowest BCUT2D eigenvalue weighted by Gasteiger charge is -2.21. The van der Waals surface area contributed by atoms with Crippen LogP contribution in [0.15, 0.2) is 77.5 Å². The minimum Gasteiger partial charge on any atom is -0.489 e. The number of anilines is 1. The molecule has 22 heavy (non-hydrogen) atoms. The molecule has 0 amide bonds. The van der Waals surface area contributed by atoms with E-state index >= 15 is 0 Å². The molecular formula is C18H17NO2S. The number of para-hydroxylation sites is 1. The van der Waals surface area contributed by atoms with Gasteiger partial charge in [0.2, 0.25) is 0 Å². The molecule has 2 aliphatic rings. The summed E-state index contributed by atoms with van der Waals surface area (Å²) in [6.45, 7) is 1.46. The van der Waals surface area contributed by atoms with Crippen molar-refractivity contribution in [1.29, 1.82) is 0 Å². The molecule has 0 aliphatic carbocycles. The summed E-state index contributed by atoms with van der Waals surface area (Å²) in [5.74, 6) is 0.923. The fourth-order valence-corrected chi connectivity index (χ4v) is 4.13. The van der Waals surface area contributed by atoms with Crippen molar-refractivity contribution < 1.29 is 9.47 Å². The first-order chi connectivity index (χ1) is 10.9. The van der Waals surface area contributed by atoms with Crippen molar-refractivity contribution in [3.63, 3.8) is 0 Å². The third-order valence-electron chi connectivity index (χ3n) is 3.52. The van der Waals surface area contributed by atoms with E-state index in [0.717, 1.165) is 12.4 Å². The molecule has 2 unspecified atom stereocenters. The van der Waals surface area contributed by atoms with Crippen LogP contribution in [0.2, 0.25) is 0 Å². The third kappa shape index (κ3) is 2.93. The van der Waals surface area contributed by atoms with Gasteiger partial charge in [-0.1, -0.05) is 47.1 Å². The van der Waals surface area contributed by atoms with E-state index in [1.54, 1.807) is 0 Å². The number of hydrogen-bond donors (Lipinski definition) is 0. The molecule has 2 atom stereocenters. The summed E-state index contributed by atoms with van der Waals surface area (Å²) in [6, 6.07) is 20.9. The summed E-state index contributed by atoms with van der Waals surface area (Å²) in [6.07, 6.45) is 2.37. The largest absolute Gasteiger partial charge is 0.489 e. The van der Waals surface area contributed by atoms with Crippen molar-refractivity contribution in [1.82, 2.24) is 0 Å². The van der Waals surface area contributed by atoms with E-state index in [4.69, 9.17) is 9.47 Å². The first-order valence-electron chi connectivity index (χ1n) is 7.34. The lowest BCUT2D eigenvalue weighted by atomic mass is 10.3. The Morgan fingerprint density at radius 3 is 2.41 bits per heavy atom. The fourth-order valence-electron chi connectivity index (χ4n) is 2.30. The van der Waals surface area contributed by atoms with Gasteiger partial charge in [-0.3, -0.25) is 4.31 Å². The molecule has 1 fully saturated rings. The molecule has 112 valence electrons. The second kappa shape index (κ2) is 5.99. The molecule has 0 spiro atoms. The van der Waals surface area contributed by atoms with Crippen LogP contribution in [-0.2, 0) is 9.47 Å². The Morgan fingerprint density at radius 2 is 1.73 bits per heavy atom. The topological polar surface area (TPSA) is 25.0 Å². The maximum Gasteiger partial charge on any atom is 0.144 e. The molecule has 2 heterocycles. The highest BCUT2D eigenvalue weighted by atomic mass is 32.2. The van der Waals surface area contributed by atoms with Gasteiger partial charge in [0.25, 0.3) is 0 Å². The number of allylic oxidation sites excluding steroid dienone is 1. The SMILES string of the molecule is C1=C(OCC2CO2)C=S(c2ccccc2)N1c1ccccc1. The minimum atomic E-state index is -0.154. The molecule has 3 nitrogen and oxygen atoms in total. The fraction of sp³-hybridized carbons (Fsp3) is 0.167. The molecule has 0 saturated carbocycles. The highest BCUT2D eigenvalue weighted by molar-refractivity contribution is 8.16. The molecule has 0 radical (unpaired) electrons. The van der Waals surface area contributed by atoms with Gasteiger partial charge in [-0.05, 0) is 24.3 Å². The van der Waals surface area contributed by atoms with Crippen molar-refractivity contribution in [2.75, 3.05) is 17.5 Å². The molecule has 0 aromatic heterocycles.